The van der Waals surface area contributed by atoms with Gasteiger partial charge in [0.25, 0.3) is 5.56 Å². The maximum Gasteiger partial charge on any atom is 0.252 e. The minimum Gasteiger partial charge on any atom is -0.359 e. The molecule has 1 atom stereocenters. The maximum atomic E-state index is 11.1. The third-order valence-corrected chi connectivity index (χ3v) is 2.19. The zero-order chi connectivity index (χ0) is 11.3. The van der Waals surface area contributed by atoms with E-state index in [9.17, 15) is 4.79 Å². The van der Waals surface area contributed by atoms with Gasteiger partial charge in [0.1, 0.15) is 5.82 Å². The molecule has 0 bridgehead atoms. The number of aromatic nitrogens is 2. The van der Waals surface area contributed by atoms with Gasteiger partial charge in [0.2, 0.25) is 0 Å². The molecule has 1 aromatic rings. The van der Waals surface area contributed by atoms with Gasteiger partial charge in [-0.25, -0.2) is 4.98 Å². The number of nitrogens with zero attached hydrogens (tertiary/aromatic N) is 2. The normalized spacial score (nSPS) is 12.5. The van der Waals surface area contributed by atoms with Crippen molar-refractivity contribution in [2.45, 2.75) is 6.92 Å². The first-order chi connectivity index (χ1) is 7.13. The number of anilines is 1. The molecule has 1 aromatic heterocycles. The fourth-order valence-corrected chi connectivity index (χ4v) is 1.54. The highest BCUT2D eigenvalue weighted by molar-refractivity contribution is 5.34. The van der Waals surface area contributed by atoms with Crippen LogP contribution in [0.4, 0.5) is 5.82 Å². The van der Waals surface area contributed by atoms with E-state index in [2.05, 4.69) is 22.2 Å². The van der Waals surface area contributed by atoms with Crippen molar-refractivity contribution in [3.63, 3.8) is 0 Å². The molecular weight excluding hydrogens is 192 g/mol. The van der Waals surface area contributed by atoms with Crippen LogP contribution in [0, 0.1) is 5.92 Å². The Labute approximate surface area is 89.5 Å². The molecule has 0 aliphatic carbocycles. The van der Waals surface area contributed by atoms with Gasteiger partial charge in [-0.2, -0.15) is 0 Å². The van der Waals surface area contributed by atoms with E-state index in [0.717, 1.165) is 13.1 Å². The first kappa shape index (κ1) is 11.7. The van der Waals surface area contributed by atoms with Crippen molar-refractivity contribution < 1.29 is 0 Å². The summed E-state index contributed by atoms with van der Waals surface area (Å²) in [5.74, 6) is 1.22. The fourth-order valence-electron chi connectivity index (χ4n) is 1.54. The molecule has 1 heterocycles. The molecule has 0 aliphatic rings. The molecule has 0 saturated carbocycles. The summed E-state index contributed by atoms with van der Waals surface area (Å²) in [7, 11) is 3.87. The summed E-state index contributed by atoms with van der Waals surface area (Å²) in [4.78, 5) is 19.7. The molecule has 0 radical (unpaired) electrons. The quantitative estimate of drug-likeness (QED) is 0.721. The molecule has 0 amide bonds. The molecule has 1 rings (SSSR count). The lowest BCUT2D eigenvalue weighted by Crippen LogP contribution is -2.30. The van der Waals surface area contributed by atoms with Crippen LogP contribution in [0.3, 0.4) is 0 Å². The fraction of sp³-hybridized carbons (Fsp3) is 0.600. The molecule has 5 heteroatoms. The number of H-pyrrole nitrogens is 1. The summed E-state index contributed by atoms with van der Waals surface area (Å²) >= 11 is 0. The Morgan fingerprint density at radius 2 is 2.40 bits per heavy atom. The summed E-state index contributed by atoms with van der Waals surface area (Å²) in [6, 6.07) is 1.51. The third kappa shape index (κ3) is 3.71. The van der Waals surface area contributed by atoms with Gasteiger partial charge in [0, 0.05) is 19.7 Å². The molecule has 84 valence electrons. The number of hydrogen-bond donors (Lipinski definition) is 2. The van der Waals surface area contributed by atoms with Crippen LogP contribution in [0.1, 0.15) is 6.92 Å². The standard InChI is InChI=1S/C10H18N4O/c1-8(5-11-2)6-14(3)9-4-10(15)13-7-12-9/h4,7-8,11H,5-6H2,1-3H3,(H,12,13,15). The van der Waals surface area contributed by atoms with Crippen molar-refractivity contribution in [3.8, 4) is 0 Å². The van der Waals surface area contributed by atoms with Crippen LogP contribution in [0.25, 0.3) is 0 Å². The van der Waals surface area contributed by atoms with Crippen LogP contribution < -0.4 is 15.8 Å². The van der Waals surface area contributed by atoms with Crippen LogP contribution in [0.2, 0.25) is 0 Å². The maximum absolute atomic E-state index is 11.1. The number of nitrogens with one attached hydrogen (secondary N) is 2. The van der Waals surface area contributed by atoms with Crippen molar-refractivity contribution in [1.29, 1.82) is 0 Å². The van der Waals surface area contributed by atoms with Crippen LogP contribution in [0.5, 0.6) is 0 Å². The Kier molecular flexibility index (Phi) is 4.30. The first-order valence-electron chi connectivity index (χ1n) is 5.04. The van der Waals surface area contributed by atoms with E-state index in [1.165, 1.54) is 12.4 Å². The van der Waals surface area contributed by atoms with E-state index in [-0.39, 0.29) is 5.56 Å². The number of hydrogen-bond acceptors (Lipinski definition) is 4. The van der Waals surface area contributed by atoms with Crippen LogP contribution in [-0.4, -0.2) is 37.2 Å². The van der Waals surface area contributed by atoms with E-state index < -0.39 is 0 Å². The molecule has 5 nitrogen and oxygen atoms in total. The second-order valence-electron chi connectivity index (χ2n) is 3.81. The topological polar surface area (TPSA) is 61.0 Å². The number of aromatic amines is 1. The Hall–Kier alpha value is -1.36. The molecule has 15 heavy (non-hydrogen) atoms. The van der Waals surface area contributed by atoms with Gasteiger partial charge in [-0.1, -0.05) is 6.92 Å². The highest BCUT2D eigenvalue weighted by Gasteiger charge is 2.07. The van der Waals surface area contributed by atoms with E-state index in [4.69, 9.17) is 0 Å². The van der Waals surface area contributed by atoms with Gasteiger partial charge in [-0.15, -0.1) is 0 Å². The summed E-state index contributed by atoms with van der Waals surface area (Å²) in [5, 5.41) is 3.12. The summed E-state index contributed by atoms with van der Waals surface area (Å²) in [5.41, 5.74) is -0.117. The van der Waals surface area contributed by atoms with E-state index >= 15 is 0 Å². The second kappa shape index (κ2) is 5.50. The second-order valence-corrected chi connectivity index (χ2v) is 3.81. The lowest BCUT2D eigenvalue weighted by atomic mass is 10.1. The summed E-state index contributed by atoms with van der Waals surface area (Å²) < 4.78 is 0. The van der Waals surface area contributed by atoms with E-state index in [1.807, 2.05) is 19.0 Å². The van der Waals surface area contributed by atoms with Gasteiger partial charge < -0.3 is 15.2 Å². The smallest absolute Gasteiger partial charge is 0.252 e. The predicted molar refractivity (Wildman–Crippen MR) is 61.2 cm³/mol. The molecular formula is C10H18N4O. The summed E-state index contributed by atoms with van der Waals surface area (Å²) in [6.07, 6.45) is 1.43. The third-order valence-electron chi connectivity index (χ3n) is 2.19. The number of rotatable bonds is 5. The van der Waals surface area contributed by atoms with Crippen molar-refractivity contribution in [2.24, 2.45) is 5.92 Å². The largest absolute Gasteiger partial charge is 0.359 e. The van der Waals surface area contributed by atoms with Crippen LogP contribution in [-0.2, 0) is 0 Å². The molecule has 0 aromatic carbocycles. The first-order valence-corrected chi connectivity index (χ1v) is 5.04. The van der Waals surface area contributed by atoms with Gasteiger partial charge in [-0.3, -0.25) is 4.79 Å². The Morgan fingerprint density at radius 1 is 1.67 bits per heavy atom. The SMILES string of the molecule is CNCC(C)CN(C)c1cc(=O)[nH]cn1. The molecule has 0 fully saturated rings. The summed E-state index contributed by atoms with van der Waals surface area (Å²) in [6.45, 7) is 3.98. The Balaban J connectivity index is 2.60. The van der Waals surface area contributed by atoms with Gasteiger partial charge in [0.15, 0.2) is 0 Å². The molecule has 0 saturated heterocycles. The van der Waals surface area contributed by atoms with E-state index in [1.54, 1.807) is 0 Å². The van der Waals surface area contributed by atoms with Gasteiger partial charge in [-0.05, 0) is 19.5 Å². The Morgan fingerprint density at radius 3 is 3.00 bits per heavy atom. The van der Waals surface area contributed by atoms with Crippen LogP contribution >= 0.6 is 0 Å². The highest BCUT2D eigenvalue weighted by atomic mass is 16.1. The van der Waals surface area contributed by atoms with Crippen LogP contribution in [0.15, 0.2) is 17.2 Å². The molecule has 0 spiro atoms. The Bertz CT molecular complexity index is 349. The molecule has 2 N–H and O–H groups in total. The zero-order valence-electron chi connectivity index (χ0n) is 9.45. The molecule has 1 unspecified atom stereocenters. The highest BCUT2D eigenvalue weighted by Crippen LogP contribution is 2.06. The average molecular weight is 210 g/mol. The average Bonchev–Trinajstić information content (AvgIpc) is 2.18. The molecule has 0 aliphatic heterocycles. The van der Waals surface area contributed by atoms with E-state index in [0.29, 0.717) is 11.7 Å². The lowest BCUT2D eigenvalue weighted by molar-refractivity contribution is 0.540. The van der Waals surface area contributed by atoms with Crippen molar-refractivity contribution in [1.82, 2.24) is 15.3 Å². The lowest BCUT2D eigenvalue weighted by Gasteiger charge is -2.21. The van der Waals surface area contributed by atoms with Crippen molar-refractivity contribution in [2.75, 3.05) is 32.1 Å². The minimum absolute atomic E-state index is 0.117. The zero-order valence-corrected chi connectivity index (χ0v) is 9.45. The predicted octanol–water partition coefficient (Wildman–Crippen LogP) is 0.0616. The van der Waals surface area contributed by atoms with Crippen molar-refractivity contribution >= 4 is 5.82 Å². The van der Waals surface area contributed by atoms with Gasteiger partial charge >= 0.3 is 0 Å². The van der Waals surface area contributed by atoms with Gasteiger partial charge in [0.05, 0.1) is 6.33 Å². The van der Waals surface area contributed by atoms with Crippen molar-refractivity contribution in [3.05, 3.63) is 22.7 Å². The minimum atomic E-state index is -0.117. The monoisotopic (exact) mass is 210 g/mol.